The standard InChI is InChI=1S/C17H19FN2O3/c18-12-3-4-13-14(9-12)23-19-15(13)10-5-7-20(8-6-10)16(17(21)22)11-1-2-11/h3-4,9-11,16H,1-2,5-8H2,(H,21,22). The molecule has 1 N–H and O–H groups in total. The average Bonchev–Trinajstić information content (AvgIpc) is 3.26. The van der Waals surface area contributed by atoms with Gasteiger partial charge in [-0.05, 0) is 56.8 Å². The summed E-state index contributed by atoms with van der Waals surface area (Å²) >= 11 is 0. The van der Waals surface area contributed by atoms with Crippen LogP contribution in [0.3, 0.4) is 0 Å². The number of carboxylic acid groups (broad SMARTS) is 1. The molecule has 0 amide bonds. The van der Waals surface area contributed by atoms with Crippen molar-refractivity contribution in [1.82, 2.24) is 10.1 Å². The molecular formula is C17H19FN2O3. The second-order valence-corrected chi connectivity index (χ2v) is 6.64. The van der Waals surface area contributed by atoms with Crippen LogP contribution in [0.15, 0.2) is 22.7 Å². The fourth-order valence-corrected chi connectivity index (χ4v) is 3.74. The Morgan fingerprint density at radius 3 is 2.70 bits per heavy atom. The Bertz CT molecular complexity index is 733. The molecule has 1 unspecified atom stereocenters. The molecule has 1 saturated carbocycles. The molecule has 0 bridgehead atoms. The van der Waals surface area contributed by atoms with Crippen molar-refractivity contribution >= 4 is 16.9 Å². The molecule has 6 heteroatoms. The summed E-state index contributed by atoms with van der Waals surface area (Å²) in [5.74, 6) is -0.469. The van der Waals surface area contributed by atoms with Crippen molar-refractivity contribution in [2.45, 2.75) is 37.6 Å². The Balaban J connectivity index is 1.49. The first-order valence-electron chi connectivity index (χ1n) is 8.15. The fraction of sp³-hybridized carbons (Fsp3) is 0.529. The molecule has 1 aromatic carbocycles. The minimum atomic E-state index is -0.701. The lowest BCUT2D eigenvalue weighted by Gasteiger charge is -2.35. The zero-order valence-corrected chi connectivity index (χ0v) is 12.7. The molecule has 1 atom stereocenters. The number of carboxylic acids is 1. The molecule has 0 spiro atoms. The van der Waals surface area contributed by atoms with Crippen molar-refractivity contribution in [3.63, 3.8) is 0 Å². The molecule has 5 nitrogen and oxygen atoms in total. The number of halogens is 1. The summed E-state index contributed by atoms with van der Waals surface area (Å²) in [6, 6.07) is 4.16. The summed E-state index contributed by atoms with van der Waals surface area (Å²) in [5, 5.41) is 14.4. The van der Waals surface area contributed by atoms with Crippen molar-refractivity contribution < 1.29 is 18.8 Å². The smallest absolute Gasteiger partial charge is 0.321 e. The van der Waals surface area contributed by atoms with E-state index in [0.717, 1.165) is 49.9 Å². The van der Waals surface area contributed by atoms with E-state index in [4.69, 9.17) is 4.52 Å². The monoisotopic (exact) mass is 318 g/mol. The first-order valence-corrected chi connectivity index (χ1v) is 8.15. The summed E-state index contributed by atoms with van der Waals surface area (Å²) in [5.41, 5.74) is 1.35. The number of carbonyl (C=O) groups is 1. The average molecular weight is 318 g/mol. The van der Waals surface area contributed by atoms with Gasteiger partial charge in [-0.15, -0.1) is 0 Å². The first-order chi connectivity index (χ1) is 11.1. The molecule has 1 saturated heterocycles. The SMILES string of the molecule is O=C(O)C(C1CC1)N1CCC(c2noc3cc(F)ccc23)CC1. The van der Waals surface area contributed by atoms with Crippen LogP contribution in [0.4, 0.5) is 4.39 Å². The van der Waals surface area contributed by atoms with Gasteiger partial charge in [0.05, 0.1) is 5.69 Å². The van der Waals surface area contributed by atoms with Crippen LogP contribution in [0.1, 0.15) is 37.3 Å². The summed E-state index contributed by atoms with van der Waals surface area (Å²) in [6.45, 7) is 1.52. The van der Waals surface area contributed by atoms with Crippen LogP contribution in [-0.4, -0.2) is 40.3 Å². The van der Waals surface area contributed by atoms with E-state index >= 15 is 0 Å². The Labute approximate surface area is 133 Å². The summed E-state index contributed by atoms with van der Waals surface area (Å²) < 4.78 is 18.5. The van der Waals surface area contributed by atoms with Crippen molar-refractivity contribution in [2.24, 2.45) is 5.92 Å². The second kappa shape index (κ2) is 5.60. The lowest BCUT2D eigenvalue weighted by atomic mass is 9.90. The maximum absolute atomic E-state index is 13.2. The van der Waals surface area contributed by atoms with Gasteiger partial charge in [-0.3, -0.25) is 9.69 Å². The van der Waals surface area contributed by atoms with E-state index in [2.05, 4.69) is 10.1 Å². The van der Waals surface area contributed by atoms with Gasteiger partial charge in [0.15, 0.2) is 5.58 Å². The highest BCUT2D eigenvalue weighted by Crippen LogP contribution is 2.39. The summed E-state index contributed by atoms with van der Waals surface area (Å²) in [7, 11) is 0. The number of hydrogen-bond acceptors (Lipinski definition) is 4. The van der Waals surface area contributed by atoms with E-state index in [1.54, 1.807) is 6.07 Å². The second-order valence-electron chi connectivity index (χ2n) is 6.64. The van der Waals surface area contributed by atoms with Crippen LogP contribution < -0.4 is 0 Å². The minimum absolute atomic E-state index is 0.242. The summed E-state index contributed by atoms with van der Waals surface area (Å²) in [4.78, 5) is 13.6. The van der Waals surface area contributed by atoms with Crippen LogP contribution in [0.5, 0.6) is 0 Å². The molecule has 2 fully saturated rings. The van der Waals surface area contributed by atoms with E-state index < -0.39 is 5.97 Å². The Morgan fingerprint density at radius 1 is 1.30 bits per heavy atom. The van der Waals surface area contributed by atoms with E-state index in [1.165, 1.54) is 12.1 Å². The quantitative estimate of drug-likeness (QED) is 0.938. The summed E-state index contributed by atoms with van der Waals surface area (Å²) in [6.07, 6.45) is 3.76. The zero-order valence-electron chi connectivity index (χ0n) is 12.7. The van der Waals surface area contributed by atoms with Crippen LogP contribution in [0.25, 0.3) is 11.0 Å². The van der Waals surface area contributed by atoms with Gasteiger partial charge in [-0.25, -0.2) is 4.39 Å². The highest BCUT2D eigenvalue weighted by Gasteiger charge is 2.41. The number of hydrogen-bond donors (Lipinski definition) is 1. The van der Waals surface area contributed by atoms with Crippen molar-refractivity contribution in [3.8, 4) is 0 Å². The van der Waals surface area contributed by atoms with Crippen molar-refractivity contribution in [2.75, 3.05) is 13.1 Å². The normalized spacial score (nSPS) is 21.6. The molecule has 1 aliphatic heterocycles. The predicted molar refractivity (Wildman–Crippen MR) is 81.7 cm³/mol. The van der Waals surface area contributed by atoms with E-state index in [-0.39, 0.29) is 17.8 Å². The largest absolute Gasteiger partial charge is 0.480 e. The Hall–Kier alpha value is -1.95. The molecule has 122 valence electrons. The Kier molecular flexibility index (Phi) is 3.56. The van der Waals surface area contributed by atoms with Crippen LogP contribution in [0.2, 0.25) is 0 Å². The van der Waals surface area contributed by atoms with Gasteiger partial charge in [0.2, 0.25) is 0 Å². The lowest BCUT2D eigenvalue weighted by molar-refractivity contribution is -0.144. The maximum Gasteiger partial charge on any atom is 0.321 e. The van der Waals surface area contributed by atoms with Gasteiger partial charge in [-0.2, -0.15) is 0 Å². The number of piperidine rings is 1. The molecule has 2 aliphatic rings. The third-order valence-electron chi connectivity index (χ3n) is 5.09. The van der Waals surface area contributed by atoms with Crippen LogP contribution >= 0.6 is 0 Å². The van der Waals surface area contributed by atoms with Crippen LogP contribution in [-0.2, 0) is 4.79 Å². The minimum Gasteiger partial charge on any atom is -0.480 e. The molecule has 1 aromatic heterocycles. The number of nitrogens with zero attached hydrogens (tertiary/aromatic N) is 2. The third kappa shape index (κ3) is 2.72. The molecule has 23 heavy (non-hydrogen) atoms. The van der Waals surface area contributed by atoms with E-state index in [1.807, 2.05) is 0 Å². The van der Waals surface area contributed by atoms with Gasteiger partial charge < -0.3 is 9.63 Å². The van der Waals surface area contributed by atoms with Gasteiger partial charge in [0.25, 0.3) is 0 Å². The molecule has 1 aliphatic carbocycles. The van der Waals surface area contributed by atoms with Gasteiger partial charge in [-0.1, -0.05) is 5.16 Å². The Morgan fingerprint density at radius 2 is 2.04 bits per heavy atom. The maximum atomic E-state index is 13.2. The lowest BCUT2D eigenvalue weighted by Crippen LogP contribution is -2.46. The highest BCUT2D eigenvalue weighted by atomic mass is 19.1. The predicted octanol–water partition coefficient (Wildman–Crippen LogP) is 3.01. The number of aliphatic carboxylic acids is 1. The van der Waals surface area contributed by atoms with Crippen molar-refractivity contribution in [3.05, 3.63) is 29.7 Å². The molecule has 2 aromatic rings. The van der Waals surface area contributed by atoms with Gasteiger partial charge in [0.1, 0.15) is 11.9 Å². The van der Waals surface area contributed by atoms with E-state index in [0.29, 0.717) is 11.5 Å². The number of aromatic nitrogens is 1. The number of benzene rings is 1. The number of likely N-dealkylation sites (tertiary alicyclic amines) is 1. The van der Waals surface area contributed by atoms with Crippen LogP contribution in [0, 0.1) is 11.7 Å². The highest BCUT2D eigenvalue weighted by molar-refractivity contribution is 5.80. The first kappa shape index (κ1) is 14.6. The van der Waals surface area contributed by atoms with Gasteiger partial charge >= 0.3 is 5.97 Å². The molecule has 4 rings (SSSR count). The topological polar surface area (TPSA) is 66.6 Å². The third-order valence-corrected chi connectivity index (χ3v) is 5.09. The fourth-order valence-electron chi connectivity index (χ4n) is 3.74. The number of fused-ring (bicyclic) bond motifs is 1. The molecule has 2 heterocycles. The molecular weight excluding hydrogens is 299 g/mol. The van der Waals surface area contributed by atoms with Crippen molar-refractivity contribution in [1.29, 1.82) is 0 Å². The van der Waals surface area contributed by atoms with E-state index in [9.17, 15) is 14.3 Å². The number of rotatable bonds is 4. The zero-order chi connectivity index (χ0) is 16.0. The van der Waals surface area contributed by atoms with Gasteiger partial charge in [0, 0.05) is 17.4 Å². The molecule has 0 radical (unpaired) electrons.